The summed E-state index contributed by atoms with van der Waals surface area (Å²) >= 11 is 0. The number of hydrogen-bond acceptors (Lipinski definition) is 3. The third-order valence-corrected chi connectivity index (χ3v) is 4.63. The third kappa shape index (κ3) is 3.26. The molecular weight excluding hydrogens is 335 g/mol. The predicted octanol–water partition coefficient (Wildman–Crippen LogP) is 2.00. The standard InChI is InChI=1S/C17H18F3N3O2/c1-2-15(24)23-7-6-11(23)8-21-10-22-9-13-12(16(22)25)4-3-5-14(13)17(18,19)20/h2-5,11,21H,1,6-10H2. The van der Waals surface area contributed by atoms with Crippen molar-refractivity contribution in [3.63, 3.8) is 0 Å². The van der Waals surface area contributed by atoms with E-state index in [4.69, 9.17) is 0 Å². The normalized spacial score (nSPS) is 19.6. The van der Waals surface area contributed by atoms with Gasteiger partial charge < -0.3 is 9.80 Å². The summed E-state index contributed by atoms with van der Waals surface area (Å²) in [5.41, 5.74) is -0.639. The molecule has 2 aliphatic heterocycles. The minimum Gasteiger partial charge on any atom is -0.335 e. The van der Waals surface area contributed by atoms with Gasteiger partial charge in [-0.2, -0.15) is 13.2 Å². The molecule has 0 radical (unpaired) electrons. The average Bonchev–Trinajstić information content (AvgIpc) is 2.85. The maximum atomic E-state index is 13.1. The van der Waals surface area contributed by atoms with Crippen LogP contribution in [0.4, 0.5) is 13.2 Å². The summed E-state index contributed by atoms with van der Waals surface area (Å²) in [4.78, 5) is 26.9. The van der Waals surface area contributed by atoms with E-state index in [0.717, 1.165) is 12.5 Å². The number of fused-ring (bicyclic) bond motifs is 1. The van der Waals surface area contributed by atoms with Crippen molar-refractivity contribution < 1.29 is 22.8 Å². The van der Waals surface area contributed by atoms with Crippen LogP contribution in [0.5, 0.6) is 0 Å². The van der Waals surface area contributed by atoms with Crippen LogP contribution in [0.3, 0.4) is 0 Å². The van der Waals surface area contributed by atoms with E-state index < -0.39 is 17.6 Å². The van der Waals surface area contributed by atoms with Gasteiger partial charge in [0.25, 0.3) is 5.91 Å². The van der Waals surface area contributed by atoms with Gasteiger partial charge in [0.05, 0.1) is 12.2 Å². The van der Waals surface area contributed by atoms with Gasteiger partial charge >= 0.3 is 6.18 Å². The fourth-order valence-corrected chi connectivity index (χ4v) is 3.21. The van der Waals surface area contributed by atoms with Crippen molar-refractivity contribution in [3.8, 4) is 0 Å². The number of carbonyl (C=O) groups is 2. The second-order valence-corrected chi connectivity index (χ2v) is 6.12. The molecular formula is C17H18F3N3O2. The lowest BCUT2D eigenvalue weighted by atomic mass is 10.0. The first kappa shape index (κ1) is 17.5. The summed E-state index contributed by atoms with van der Waals surface area (Å²) in [6, 6.07) is 3.69. The highest BCUT2D eigenvalue weighted by Gasteiger charge is 2.39. The van der Waals surface area contributed by atoms with Crippen molar-refractivity contribution in [2.24, 2.45) is 0 Å². The summed E-state index contributed by atoms with van der Waals surface area (Å²) in [7, 11) is 0. The zero-order valence-corrected chi connectivity index (χ0v) is 13.5. The monoisotopic (exact) mass is 353 g/mol. The summed E-state index contributed by atoms with van der Waals surface area (Å²) in [6.07, 6.45) is -2.38. The molecule has 1 atom stereocenters. The van der Waals surface area contributed by atoms with Crippen LogP contribution in [0.25, 0.3) is 0 Å². The molecule has 2 amide bonds. The van der Waals surface area contributed by atoms with Crippen molar-refractivity contribution in [1.82, 2.24) is 15.1 Å². The van der Waals surface area contributed by atoms with Crippen molar-refractivity contribution in [2.75, 3.05) is 19.8 Å². The highest BCUT2D eigenvalue weighted by atomic mass is 19.4. The van der Waals surface area contributed by atoms with E-state index in [1.54, 1.807) is 4.90 Å². The van der Waals surface area contributed by atoms with Gasteiger partial charge in [-0.1, -0.05) is 12.6 Å². The molecule has 134 valence electrons. The molecule has 2 heterocycles. The summed E-state index contributed by atoms with van der Waals surface area (Å²) in [6.45, 7) is 4.65. The number of rotatable bonds is 5. The van der Waals surface area contributed by atoms with E-state index in [1.165, 1.54) is 23.1 Å². The Hall–Kier alpha value is -2.35. The molecule has 5 nitrogen and oxygen atoms in total. The van der Waals surface area contributed by atoms with Crippen LogP contribution in [-0.4, -0.2) is 47.4 Å². The van der Waals surface area contributed by atoms with Gasteiger partial charge in [0.15, 0.2) is 0 Å². The number of halogens is 3. The topological polar surface area (TPSA) is 52.7 Å². The Morgan fingerprint density at radius 1 is 1.40 bits per heavy atom. The average molecular weight is 353 g/mol. The first-order valence-corrected chi connectivity index (χ1v) is 7.95. The van der Waals surface area contributed by atoms with Crippen LogP contribution in [-0.2, 0) is 17.5 Å². The zero-order chi connectivity index (χ0) is 18.2. The van der Waals surface area contributed by atoms with Gasteiger partial charge in [-0.15, -0.1) is 0 Å². The van der Waals surface area contributed by atoms with Crippen LogP contribution in [0.2, 0.25) is 0 Å². The van der Waals surface area contributed by atoms with Gasteiger partial charge in [-0.3, -0.25) is 14.9 Å². The highest BCUT2D eigenvalue weighted by Crippen LogP contribution is 2.36. The van der Waals surface area contributed by atoms with Crippen LogP contribution < -0.4 is 5.32 Å². The SMILES string of the molecule is C=CC(=O)N1CCC1CNCN1Cc2c(cccc2C(F)(F)F)C1=O. The quantitative estimate of drug-likeness (QED) is 0.824. The van der Waals surface area contributed by atoms with Crippen LogP contribution in [0, 0.1) is 0 Å². The number of benzene rings is 1. The Balaban J connectivity index is 1.60. The molecule has 0 aliphatic carbocycles. The first-order chi connectivity index (χ1) is 11.8. The Morgan fingerprint density at radius 2 is 2.16 bits per heavy atom. The van der Waals surface area contributed by atoms with Crippen molar-refractivity contribution in [1.29, 1.82) is 0 Å². The van der Waals surface area contributed by atoms with E-state index in [2.05, 4.69) is 11.9 Å². The van der Waals surface area contributed by atoms with E-state index in [9.17, 15) is 22.8 Å². The summed E-state index contributed by atoms with van der Waals surface area (Å²) in [5.74, 6) is -0.557. The molecule has 8 heteroatoms. The molecule has 1 N–H and O–H groups in total. The molecule has 1 aromatic carbocycles. The summed E-state index contributed by atoms with van der Waals surface area (Å²) in [5, 5.41) is 3.06. The Labute approximate surface area is 143 Å². The van der Waals surface area contributed by atoms with Gasteiger partial charge in [-0.25, -0.2) is 0 Å². The number of nitrogens with one attached hydrogen (secondary N) is 1. The number of nitrogens with zero attached hydrogens (tertiary/aromatic N) is 2. The second kappa shape index (κ2) is 6.51. The molecule has 0 saturated carbocycles. The van der Waals surface area contributed by atoms with Gasteiger partial charge in [0.2, 0.25) is 5.91 Å². The van der Waals surface area contributed by atoms with Crippen LogP contribution in [0.15, 0.2) is 30.9 Å². The molecule has 0 bridgehead atoms. The number of hydrogen-bond donors (Lipinski definition) is 1. The zero-order valence-electron chi connectivity index (χ0n) is 13.5. The third-order valence-electron chi connectivity index (χ3n) is 4.63. The largest absolute Gasteiger partial charge is 0.416 e. The molecule has 0 spiro atoms. The molecule has 1 aromatic rings. The Kier molecular flexibility index (Phi) is 4.55. The van der Waals surface area contributed by atoms with Gasteiger partial charge in [0.1, 0.15) is 0 Å². The maximum Gasteiger partial charge on any atom is 0.416 e. The van der Waals surface area contributed by atoms with Crippen molar-refractivity contribution >= 4 is 11.8 Å². The molecule has 1 fully saturated rings. The van der Waals surface area contributed by atoms with Gasteiger partial charge in [-0.05, 0) is 30.2 Å². The number of amides is 2. The number of alkyl halides is 3. The van der Waals surface area contributed by atoms with Crippen molar-refractivity contribution in [3.05, 3.63) is 47.5 Å². The van der Waals surface area contributed by atoms with E-state index in [0.29, 0.717) is 13.1 Å². The molecule has 0 aromatic heterocycles. The second-order valence-electron chi connectivity index (χ2n) is 6.12. The maximum absolute atomic E-state index is 13.1. The smallest absolute Gasteiger partial charge is 0.335 e. The molecule has 25 heavy (non-hydrogen) atoms. The highest BCUT2D eigenvalue weighted by molar-refractivity contribution is 5.98. The Morgan fingerprint density at radius 3 is 2.76 bits per heavy atom. The summed E-state index contributed by atoms with van der Waals surface area (Å²) < 4.78 is 39.2. The molecule has 3 rings (SSSR count). The molecule has 1 unspecified atom stereocenters. The molecule has 2 aliphatic rings. The van der Waals surface area contributed by atoms with Crippen molar-refractivity contribution in [2.45, 2.75) is 25.2 Å². The molecule has 1 saturated heterocycles. The van der Waals surface area contributed by atoms with E-state index in [-0.39, 0.29) is 36.3 Å². The minimum absolute atomic E-state index is 0.0221. The lowest BCUT2D eigenvalue weighted by molar-refractivity contribution is -0.138. The number of likely N-dealkylation sites (tertiary alicyclic amines) is 1. The van der Waals surface area contributed by atoms with E-state index >= 15 is 0 Å². The first-order valence-electron chi connectivity index (χ1n) is 7.95. The lowest BCUT2D eigenvalue weighted by Crippen LogP contribution is -2.55. The fraction of sp³-hybridized carbons (Fsp3) is 0.412. The fourth-order valence-electron chi connectivity index (χ4n) is 3.21. The Bertz CT molecular complexity index is 718. The van der Waals surface area contributed by atoms with Crippen LogP contribution in [0.1, 0.15) is 27.9 Å². The minimum atomic E-state index is -4.48. The number of carbonyl (C=O) groups excluding carboxylic acids is 2. The van der Waals surface area contributed by atoms with Gasteiger partial charge in [0, 0.05) is 31.2 Å². The van der Waals surface area contributed by atoms with E-state index in [1.807, 2.05) is 0 Å². The lowest BCUT2D eigenvalue weighted by Gasteiger charge is -2.40. The predicted molar refractivity (Wildman–Crippen MR) is 84.5 cm³/mol. The van der Waals surface area contributed by atoms with Crippen LogP contribution >= 0.6 is 0 Å².